The van der Waals surface area contributed by atoms with Crippen molar-refractivity contribution in [3.05, 3.63) is 34.3 Å². The predicted octanol–water partition coefficient (Wildman–Crippen LogP) is 2.88. The van der Waals surface area contributed by atoms with Crippen LogP contribution in [0.4, 0.5) is 4.79 Å². The van der Waals surface area contributed by atoms with E-state index in [1.54, 1.807) is 0 Å². The third kappa shape index (κ3) is 3.71. The smallest absolute Gasteiger partial charge is 0.325 e. The number of nitrogens with zero attached hydrogens (tertiary/aromatic N) is 1. The minimum atomic E-state index is -0.785. The molecule has 6 nitrogen and oxygen atoms in total. The van der Waals surface area contributed by atoms with E-state index in [2.05, 4.69) is 26.6 Å². The van der Waals surface area contributed by atoms with E-state index >= 15 is 0 Å². The fourth-order valence-electron chi connectivity index (χ4n) is 3.58. The normalized spacial score (nSPS) is 20.5. The van der Waals surface area contributed by atoms with E-state index < -0.39 is 11.6 Å². The molecular formula is C18H22BrN3O3. The summed E-state index contributed by atoms with van der Waals surface area (Å²) in [7, 11) is 0. The molecule has 1 saturated carbocycles. The number of benzene rings is 1. The molecular weight excluding hydrogens is 386 g/mol. The molecule has 0 aromatic heterocycles. The van der Waals surface area contributed by atoms with Crippen LogP contribution in [0.15, 0.2) is 28.7 Å². The molecule has 1 unspecified atom stereocenters. The number of imide groups is 1. The lowest BCUT2D eigenvalue weighted by Gasteiger charge is -2.30. The molecule has 3 rings (SSSR count). The summed E-state index contributed by atoms with van der Waals surface area (Å²) in [6.07, 6.45) is 4.24. The minimum absolute atomic E-state index is 0.204. The Bertz CT molecular complexity index is 683. The molecule has 1 aliphatic heterocycles. The summed E-state index contributed by atoms with van der Waals surface area (Å²) in [5, 5.41) is 5.66. The zero-order chi connectivity index (χ0) is 18.0. The van der Waals surface area contributed by atoms with E-state index in [9.17, 15) is 14.4 Å². The number of urea groups is 1. The first-order chi connectivity index (χ1) is 11.9. The van der Waals surface area contributed by atoms with E-state index in [1.807, 2.05) is 31.2 Å². The standard InChI is InChI=1S/C18H22BrN3O3/c1-12(13-5-7-14(19)8-6-13)20-15(23)11-22-16(24)18(21-17(22)25)9-3-2-4-10-18/h5-8,12H,2-4,9-11H2,1H3,(H,20,23)(H,21,25). The Morgan fingerprint density at radius 1 is 1.24 bits per heavy atom. The Morgan fingerprint density at radius 2 is 1.88 bits per heavy atom. The maximum absolute atomic E-state index is 12.7. The summed E-state index contributed by atoms with van der Waals surface area (Å²) < 4.78 is 0.965. The second-order valence-corrected chi connectivity index (χ2v) is 7.72. The first-order valence-corrected chi connectivity index (χ1v) is 9.39. The van der Waals surface area contributed by atoms with Crippen LogP contribution in [-0.4, -0.2) is 34.8 Å². The maximum Gasteiger partial charge on any atom is 0.325 e. The van der Waals surface area contributed by atoms with Gasteiger partial charge < -0.3 is 10.6 Å². The Hall–Kier alpha value is -1.89. The average Bonchev–Trinajstić information content (AvgIpc) is 2.80. The third-order valence-corrected chi connectivity index (χ3v) is 5.53. The van der Waals surface area contributed by atoms with Crippen molar-refractivity contribution in [3.8, 4) is 0 Å². The van der Waals surface area contributed by atoms with Crippen molar-refractivity contribution in [2.45, 2.75) is 50.6 Å². The summed E-state index contributed by atoms with van der Waals surface area (Å²) in [5.41, 5.74) is 0.171. The van der Waals surface area contributed by atoms with Crippen LogP contribution in [0.3, 0.4) is 0 Å². The number of carbonyl (C=O) groups excluding carboxylic acids is 3. The van der Waals surface area contributed by atoms with Crippen LogP contribution in [0.25, 0.3) is 0 Å². The third-order valence-electron chi connectivity index (χ3n) is 5.00. The van der Waals surface area contributed by atoms with Crippen LogP contribution in [-0.2, 0) is 9.59 Å². The fourth-order valence-corrected chi connectivity index (χ4v) is 3.84. The van der Waals surface area contributed by atoms with Crippen molar-refractivity contribution < 1.29 is 14.4 Å². The number of carbonyl (C=O) groups is 3. The van der Waals surface area contributed by atoms with E-state index in [0.717, 1.165) is 34.2 Å². The lowest BCUT2D eigenvalue weighted by molar-refractivity contribution is -0.136. The van der Waals surface area contributed by atoms with Crippen LogP contribution < -0.4 is 10.6 Å². The monoisotopic (exact) mass is 407 g/mol. The molecule has 25 heavy (non-hydrogen) atoms. The molecule has 2 aliphatic rings. The fraction of sp³-hybridized carbons (Fsp3) is 0.500. The van der Waals surface area contributed by atoms with Gasteiger partial charge in [-0.1, -0.05) is 47.3 Å². The van der Waals surface area contributed by atoms with Crippen LogP contribution in [0.1, 0.15) is 50.6 Å². The number of rotatable bonds is 4. The Balaban J connectivity index is 1.61. The molecule has 1 spiro atoms. The van der Waals surface area contributed by atoms with Gasteiger partial charge in [0.2, 0.25) is 5.91 Å². The van der Waals surface area contributed by atoms with Gasteiger partial charge in [0.15, 0.2) is 0 Å². The molecule has 4 amide bonds. The molecule has 1 aromatic rings. The van der Waals surface area contributed by atoms with E-state index in [4.69, 9.17) is 0 Å². The van der Waals surface area contributed by atoms with Gasteiger partial charge in [0.25, 0.3) is 5.91 Å². The zero-order valence-electron chi connectivity index (χ0n) is 14.2. The SMILES string of the molecule is CC(NC(=O)CN1C(=O)NC2(CCCCC2)C1=O)c1ccc(Br)cc1. The number of halogens is 1. The second-order valence-electron chi connectivity index (χ2n) is 6.80. The molecule has 7 heteroatoms. The van der Waals surface area contributed by atoms with Gasteiger partial charge in [-0.2, -0.15) is 0 Å². The largest absolute Gasteiger partial charge is 0.348 e. The van der Waals surface area contributed by atoms with Crippen molar-refractivity contribution in [2.24, 2.45) is 0 Å². The van der Waals surface area contributed by atoms with Crippen molar-refractivity contribution in [1.29, 1.82) is 0 Å². The summed E-state index contributed by atoms with van der Waals surface area (Å²) >= 11 is 3.38. The van der Waals surface area contributed by atoms with Crippen molar-refractivity contribution >= 4 is 33.8 Å². The van der Waals surface area contributed by atoms with Gasteiger partial charge >= 0.3 is 6.03 Å². The molecule has 1 saturated heterocycles. The van der Waals surface area contributed by atoms with Gasteiger partial charge in [-0.15, -0.1) is 0 Å². The number of hydrogen-bond donors (Lipinski definition) is 2. The van der Waals surface area contributed by atoms with Gasteiger partial charge in [0.1, 0.15) is 12.1 Å². The topological polar surface area (TPSA) is 78.5 Å². The van der Waals surface area contributed by atoms with E-state index in [1.165, 1.54) is 0 Å². The molecule has 2 fully saturated rings. The Morgan fingerprint density at radius 3 is 2.52 bits per heavy atom. The van der Waals surface area contributed by atoms with Gasteiger partial charge in [-0.05, 0) is 37.5 Å². The van der Waals surface area contributed by atoms with Crippen LogP contribution >= 0.6 is 15.9 Å². The van der Waals surface area contributed by atoms with Gasteiger partial charge in [0.05, 0.1) is 6.04 Å². The first-order valence-electron chi connectivity index (χ1n) is 8.60. The maximum atomic E-state index is 12.7. The highest BCUT2D eigenvalue weighted by molar-refractivity contribution is 9.10. The quantitative estimate of drug-likeness (QED) is 0.753. The molecule has 1 heterocycles. The molecule has 1 aliphatic carbocycles. The van der Waals surface area contributed by atoms with Crippen molar-refractivity contribution in [2.75, 3.05) is 6.54 Å². The highest BCUT2D eigenvalue weighted by Crippen LogP contribution is 2.33. The first kappa shape index (κ1) is 17.9. The molecule has 0 bridgehead atoms. The van der Waals surface area contributed by atoms with Gasteiger partial charge in [0, 0.05) is 4.47 Å². The molecule has 134 valence electrons. The van der Waals surface area contributed by atoms with Crippen molar-refractivity contribution in [1.82, 2.24) is 15.5 Å². The lowest BCUT2D eigenvalue weighted by atomic mass is 9.82. The van der Waals surface area contributed by atoms with Gasteiger partial charge in [-0.3, -0.25) is 14.5 Å². The lowest BCUT2D eigenvalue weighted by Crippen LogP contribution is -2.49. The Labute approximate surface area is 155 Å². The highest BCUT2D eigenvalue weighted by atomic mass is 79.9. The van der Waals surface area contributed by atoms with Crippen LogP contribution in [0.5, 0.6) is 0 Å². The number of hydrogen-bond acceptors (Lipinski definition) is 3. The summed E-state index contributed by atoms with van der Waals surface area (Å²) in [4.78, 5) is 38.2. The highest BCUT2D eigenvalue weighted by Gasteiger charge is 2.51. The number of amides is 4. The summed E-state index contributed by atoms with van der Waals surface area (Å²) in [5.74, 6) is -0.601. The van der Waals surface area contributed by atoms with Gasteiger partial charge in [-0.25, -0.2) is 4.79 Å². The molecule has 1 atom stereocenters. The zero-order valence-corrected chi connectivity index (χ0v) is 15.8. The molecule has 0 radical (unpaired) electrons. The Kier molecular flexibility index (Phi) is 5.13. The van der Waals surface area contributed by atoms with E-state index in [0.29, 0.717) is 12.8 Å². The molecule has 1 aromatic carbocycles. The average molecular weight is 408 g/mol. The van der Waals surface area contributed by atoms with E-state index in [-0.39, 0.29) is 24.4 Å². The summed E-state index contributed by atoms with van der Waals surface area (Å²) in [6.45, 7) is 1.63. The second kappa shape index (κ2) is 7.15. The number of nitrogens with one attached hydrogen (secondary N) is 2. The van der Waals surface area contributed by atoms with Crippen molar-refractivity contribution in [3.63, 3.8) is 0 Å². The van der Waals surface area contributed by atoms with Crippen LogP contribution in [0, 0.1) is 0 Å². The summed E-state index contributed by atoms with van der Waals surface area (Å²) in [6, 6.07) is 6.98. The van der Waals surface area contributed by atoms with Crippen LogP contribution in [0.2, 0.25) is 0 Å². The predicted molar refractivity (Wildman–Crippen MR) is 96.8 cm³/mol. The minimum Gasteiger partial charge on any atom is -0.348 e. The molecule has 2 N–H and O–H groups in total.